The normalized spacial score (nSPS) is 10.2. The molecule has 70 valence electrons. The Morgan fingerprint density at radius 3 is 2.46 bits per heavy atom. The number of allylic oxidation sites excluding steroid dienone is 1. The highest BCUT2D eigenvalue weighted by atomic mass is 16.1. The summed E-state index contributed by atoms with van der Waals surface area (Å²) in [5.74, 6) is 0. The first-order valence-electron chi connectivity index (χ1n) is 4.28. The molecule has 0 fully saturated rings. The van der Waals surface area contributed by atoms with E-state index in [-0.39, 0.29) is 5.43 Å². The number of hydrogen-bond donors (Lipinski definition) is 0. The van der Waals surface area contributed by atoms with Crippen LogP contribution in [-0.2, 0) is 7.05 Å². The molecule has 0 saturated carbocycles. The van der Waals surface area contributed by atoms with Crippen LogP contribution in [0.5, 0.6) is 0 Å². The first kappa shape index (κ1) is 9.78. The SMILES string of the molecule is C=C(C)c1c(C)n(C)c(C)cc1=O. The number of rotatable bonds is 1. The molecule has 0 aliphatic carbocycles. The molecule has 1 aromatic heterocycles. The Morgan fingerprint density at radius 1 is 1.46 bits per heavy atom. The summed E-state index contributed by atoms with van der Waals surface area (Å²) >= 11 is 0. The highest BCUT2D eigenvalue weighted by Crippen LogP contribution is 2.12. The number of pyridine rings is 1. The number of aromatic nitrogens is 1. The van der Waals surface area contributed by atoms with Crippen molar-refractivity contribution in [1.82, 2.24) is 4.57 Å². The highest BCUT2D eigenvalue weighted by molar-refractivity contribution is 5.63. The average molecular weight is 177 g/mol. The predicted octanol–water partition coefficient (Wildman–Crippen LogP) is 2.04. The van der Waals surface area contributed by atoms with Crippen molar-refractivity contribution in [2.45, 2.75) is 20.8 Å². The Bertz CT molecular complexity index is 413. The van der Waals surface area contributed by atoms with Gasteiger partial charge in [0, 0.05) is 30.1 Å². The predicted molar refractivity (Wildman–Crippen MR) is 55.9 cm³/mol. The van der Waals surface area contributed by atoms with Gasteiger partial charge in [0.1, 0.15) is 0 Å². The van der Waals surface area contributed by atoms with E-state index in [4.69, 9.17) is 0 Å². The third-order valence-corrected chi connectivity index (χ3v) is 2.41. The third-order valence-electron chi connectivity index (χ3n) is 2.41. The second-order valence-electron chi connectivity index (χ2n) is 3.45. The van der Waals surface area contributed by atoms with Crippen LogP contribution in [0.4, 0.5) is 0 Å². The average Bonchev–Trinajstić information content (AvgIpc) is 1.99. The molecular formula is C11H15NO. The smallest absolute Gasteiger partial charge is 0.189 e. The Kier molecular flexibility index (Phi) is 2.41. The van der Waals surface area contributed by atoms with Crippen molar-refractivity contribution in [1.29, 1.82) is 0 Å². The van der Waals surface area contributed by atoms with Crippen molar-refractivity contribution in [2.75, 3.05) is 0 Å². The molecule has 2 heteroatoms. The molecule has 0 unspecified atom stereocenters. The first-order valence-corrected chi connectivity index (χ1v) is 4.28. The van der Waals surface area contributed by atoms with E-state index in [9.17, 15) is 4.79 Å². The quantitative estimate of drug-likeness (QED) is 0.643. The van der Waals surface area contributed by atoms with E-state index in [0.717, 1.165) is 22.5 Å². The fourth-order valence-corrected chi connectivity index (χ4v) is 1.49. The van der Waals surface area contributed by atoms with Gasteiger partial charge in [-0.25, -0.2) is 0 Å². The highest BCUT2D eigenvalue weighted by Gasteiger charge is 2.07. The van der Waals surface area contributed by atoms with Crippen LogP contribution in [-0.4, -0.2) is 4.57 Å². The summed E-state index contributed by atoms with van der Waals surface area (Å²) in [5, 5.41) is 0. The molecular weight excluding hydrogens is 162 g/mol. The lowest BCUT2D eigenvalue weighted by Gasteiger charge is -2.12. The number of hydrogen-bond acceptors (Lipinski definition) is 1. The van der Waals surface area contributed by atoms with E-state index < -0.39 is 0 Å². The van der Waals surface area contributed by atoms with Crippen LogP contribution >= 0.6 is 0 Å². The van der Waals surface area contributed by atoms with Crippen molar-refractivity contribution in [3.8, 4) is 0 Å². The summed E-state index contributed by atoms with van der Waals surface area (Å²) in [4.78, 5) is 11.6. The lowest BCUT2D eigenvalue weighted by molar-refractivity contribution is 0.808. The van der Waals surface area contributed by atoms with Crippen LogP contribution in [0.15, 0.2) is 17.4 Å². The van der Waals surface area contributed by atoms with E-state index in [1.807, 2.05) is 32.4 Å². The van der Waals surface area contributed by atoms with Crippen molar-refractivity contribution in [2.24, 2.45) is 7.05 Å². The zero-order valence-corrected chi connectivity index (χ0v) is 8.64. The summed E-state index contributed by atoms with van der Waals surface area (Å²) in [5.41, 5.74) is 3.61. The molecule has 0 aliphatic heterocycles. The zero-order chi connectivity index (χ0) is 10.2. The van der Waals surface area contributed by atoms with Gasteiger partial charge in [-0.05, 0) is 26.3 Å². The Morgan fingerprint density at radius 2 is 2.00 bits per heavy atom. The molecule has 1 aromatic rings. The van der Waals surface area contributed by atoms with Crippen LogP contribution in [0, 0.1) is 13.8 Å². The van der Waals surface area contributed by atoms with Crippen LogP contribution < -0.4 is 5.43 Å². The molecule has 0 spiro atoms. The fraction of sp³-hybridized carbons (Fsp3) is 0.364. The van der Waals surface area contributed by atoms with Crippen molar-refractivity contribution in [3.63, 3.8) is 0 Å². The molecule has 1 rings (SSSR count). The maximum Gasteiger partial charge on any atom is 0.189 e. The van der Waals surface area contributed by atoms with Gasteiger partial charge in [0.2, 0.25) is 0 Å². The zero-order valence-electron chi connectivity index (χ0n) is 8.64. The molecule has 0 radical (unpaired) electrons. The van der Waals surface area contributed by atoms with Gasteiger partial charge in [-0.15, -0.1) is 0 Å². The Hall–Kier alpha value is -1.31. The van der Waals surface area contributed by atoms with Gasteiger partial charge in [-0.2, -0.15) is 0 Å². The summed E-state index contributed by atoms with van der Waals surface area (Å²) < 4.78 is 2.01. The topological polar surface area (TPSA) is 22.0 Å². The molecule has 2 nitrogen and oxygen atoms in total. The minimum absolute atomic E-state index is 0.0700. The van der Waals surface area contributed by atoms with E-state index in [2.05, 4.69) is 6.58 Å². The molecule has 0 bridgehead atoms. The first-order chi connectivity index (χ1) is 5.95. The lowest BCUT2D eigenvalue weighted by atomic mass is 10.1. The maximum absolute atomic E-state index is 11.6. The van der Waals surface area contributed by atoms with E-state index in [1.165, 1.54) is 0 Å². The standard InChI is InChI=1S/C11H15NO/c1-7(2)11-9(4)12(5)8(3)6-10(11)13/h6H,1H2,2-5H3. The molecule has 0 atom stereocenters. The second kappa shape index (κ2) is 3.21. The van der Waals surface area contributed by atoms with Gasteiger partial charge >= 0.3 is 0 Å². The Balaban J connectivity index is 3.63. The van der Waals surface area contributed by atoms with Gasteiger partial charge in [-0.3, -0.25) is 4.79 Å². The van der Waals surface area contributed by atoms with E-state index in [0.29, 0.717) is 0 Å². The lowest BCUT2D eigenvalue weighted by Crippen LogP contribution is -2.16. The van der Waals surface area contributed by atoms with Crippen molar-refractivity contribution in [3.05, 3.63) is 39.8 Å². The summed E-state index contributed by atoms with van der Waals surface area (Å²) in [6.45, 7) is 9.53. The van der Waals surface area contributed by atoms with Crippen LogP contribution in [0.25, 0.3) is 5.57 Å². The second-order valence-corrected chi connectivity index (χ2v) is 3.45. The maximum atomic E-state index is 11.6. The molecule has 0 N–H and O–H groups in total. The minimum atomic E-state index is 0.0700. The largest absolute Gasteiger partial charge is 0.351 e. The molecule has 13 heavy (non-hydrogen) atoms. The third kappa shape index (κ3) is 1.57. The van der Waals surface area contributed by atoms with Crippen molar-refractivity contribution < 1.29 is 0 Å². The van der Waals surface area contributed by atoms with E-state index in [1.54, 1.807) is 6.07 Å². The molecule has 1 heterocycles. The summed E-state index contributed by atoms with van der Waals surface area (Å²) in [7, 11) is 1.95. The number of nitrogens with zero attached hydrogens (tertiary/aromatic N) is 1. The van der Waals surface area contributed by atoms with E-state index >= 15 is 0 Å². The minimum Gasteiger partial charge on any atom is -0.351 e. The number of aryl methyl sites for hydroxylation is 1. The van der Waals surface area contributed by atoms with Crippen molar-refractivity contribution >= 4 is 5.57 Å². The van der Waals surface area contributed by atoms with Crippen LogP contribution in [0.2, 0.25) is 0 Å². The van der Waals surface area contributed by atoms with Crippen LogP contribution in [0.3, 0.4) is 0 Å². The molecule has 0 aromatic carbocycles. The molecule has 0 amide bonds. The fourth-order valence-electron chi connectivity index (χ4n) is 1.49. The van der Waals surface area contributed by atoms with Gasteiger partial charge < -0.3 is 4.57 Å². The summed E-state index contributed by atoms with van der Waals surface area (Å²) in [6.07, 6.45) is 0. The molecule has 0 saturated heterocycles. The van der Waals surface area contributed by atoms with Gasteiger partial charge in [0.05, 0.1) is 0 Å². The van der Waals surface area contributed by atoms with Gasteiger partial charge in [0.25, 0.3) is 0 Å². The Labute approximate surface area is 78.5 Å². The molecule has 0 aliphatic rings. The van der Waals surface area contributed by atoms with Gasteiger partial charge in [0.15, 0.2) is 5.43 Å². The monoisotopic (exact) mass is 177 g/mol. The summed E-state index contributed by atoms with van der Waals surface area (Å²) in [6, 6.07) is 1.65. The van der Waals surface area contributed by atoms with Gasteiger partial charge in [-0.1, -0.05) is 6.58 Å². The van der Waals surface area contributed by atoms with Crippen LogP contribution in [0.1, 0.15) is 23.9 Å².